The second kappa shape index (κ2) is 3.84. The van der Waals surface area contributed by atoms with Gasteiger partial charge in [-0.25, -0.2) is 0 Å². The first-order valence-corrected chi connectivity index (χ1v) is 4.91. The molecular weight excluding hydrogens is 170 g/mol. The third kappa shape index (κ3) is 2.35. The van der Waals surface area contributed by atoms with Crippen molar-refractivity contribution >= 4 is 0 Å². The summed E-state index contributed by atoms with van der Waals surface area (Å²) in [7, 11) is 0. The van der Waals surface area contributed by atoms with E-state index in [0.29, 0.717) is 0 Å². The molecule has 1 heteroatoms. The summed E-state index contributed by atoms with van der Waals surface area (Å²) in [6, 6.07) is 10.6. The summed E-state index contributed by atoms with van der Waals surface area (Å²) in [6.07, 6.45) is 0. The zero-order valence-electron chi connectivity index (χ0n) is 9.33. The molecule has 0 fully saturated rings. The highest BCUT2D eigenvalue weighted by Gasteiger charge is 2.25. The van der Waals surface area contributed by atoms with Crippen LogP contribution >= 0.6 is 0 Å². The van der Waals surface area contributed by atoms with Crippen LogP contribution in [0.15, 0.2) is 24.3 Å². The van der Waals surface area contributed by atoms with Crippen LogP contribution in [0.1, 0.15) is 37.8 Å². The van der Waals surface area contributed by atoms with E-state index in [1.165, 1.54) is 5.56 Å². The molecule has 0 aliphatic rings. The van der Waals surface area contributed by atoms with Crippen LogP contribution in [0.5, 0.6) is 0 Å². The van der Waals surface area contributed by atoms with E-state index in [1.54, 1.807) is 0 Å². The summed E-state index contributed by atoms with van der Waals surface area (Å²) in [5.74, 6) is -0.0249. The maximum absolute atomic E-state index is 9.13. The standard InChI is InChI=1S/C13H17N/c1-10-5-7-11(8-6-10)12(9-14)13(2,3)4/h5-8,12H,1-4H3. The normalized spacial score (nSPS) is 13.4. The van der Waals surface area contributed by atoms with Crippen LogP contribution in [0.3, 0.4) is 0 Å². The lowest BCUT2D eigenvalue weighted by Crippen LogP contribution is -2.16. The smallest absolute Gasteiger partial charge is 0.0761 e. The first-order chi connectivity index (χ1) is 6.45. The molecule has 0 amide bonds. The van der Waals surface area contributed by atoms with Crippen molar-refractivity contribution in [3.05, 3.63) is 35.4 Å². The highest BCUT2D eigenvalue weighted by Crippen LogP contribution is 2.34. The molecule has 1 rings (SSSR count). The summed E-state index contributed by atoms with van der Waals surface area (Å²) in [5.41, 5.74) is 2.36. The molecule has 0 saturated carbocycles. The average molecular weight is 187 g/mol. The molecule has 0 heterocycles. The molecule has 74 valence electrons. The first-order valence-electron chi connectivity index (χ1n) is 4.91. The van der Waals surface area contributed by atoms with Gasteiger partial charge in [-0.15, -0.1) is 0 Å². The van der Waals surface area contributed by atoms with Gasteiger partial charge in [0.25, 0.3) is 0 Å². The number of hydrogen-bond acceptors (Lipinski definition) is 1. The third-order valence-electron chi connectivity index (χ3n) is 2.41. The van der Waals surface area contributed by atoms with Gasteiger partial charge < -0.3 is 0 Å². The molecule has 1 aromatic carbocycles. The number of aryl methyl sites for hydroxylation is 1. The Kier molecular flexibility index (Phi) is 2.96. The van der Waals surface area contributed by atoms with Crippen LogP contribution in [0.2, 0.25) is 0 Å². The molecule has 0 aromatic heterocycles. The van der Waals surface area contributed by atoms with E-state index in [0.717, 1.165) is 5.56 Å². The molecular formula is C13H17N. The predicted octanol–water partition coefficient (Wildman–Crippen LogP) is 3.65. The lowest BCUT2D eigenvalue weighted by Gasteiger charge is -2.25. The quantitative estimate of drug-likeness (QED) is 0.658. The van der Waals surface area contributed by atoms with Crippen LogP contribution in [0.25, 0.3) is 0 Å². The van der Waals surface area contributed by atoms with Gasteiger partial charge in [0.1, 0.15) is 0 Å². The summed E-state index contributed by atoms with van der Waals surface area (Å²) >= 11 is 0. The van der Waals surface area contributed by atoms with E-state index in [-0.39, 0.29) is 11.3 Å². The van der Waals surface area contributed by atoms with Crippen molar-refractivity contribution < 1.29 is 0 Å². The molecule has 0 spiro atoms. The summed E-state index contributed by atoms with van der Waals surface area (Å²) in [5, 5.41) is 9.13. The van der Waals surface area contributed by atoms with Crippen molar-refractivity contribution in [3.63, 3.8) is 0 Å². The first kappa shape index (κ1) is 10.8. The molecule has 1 atom stereocenters. The Balaban J connectivity index is 3.04. The summed E-state index contributed by atoms with van der Waals surface area (Å²) in [6.45, 7) is 8.35. The Hall–Kier alpha value is -1.29. The fourth-order valence-corrected chi connectivity index (χ4v) is 1.53. The van der Waals surface area contributed by atoms with Gasteiger partial charge in [0.05, 0.1) is 12.0 Å². The van der Waals surface area contributed by atoms with Crippen LogP contribution < -0.4 is 0 Å². The highest BCUT2D eigenvalue weighted by molar-refractivity contribution is 5.29. The minimum atomic E-state index is -0.0249. The molecule has 1 aromatic rings. The van der Waals surface area contributed by atoms with Crippen LogP contribution in [0.4, 0.5) is 0 Å². The van der Waals surface area contributed by atoms with E-state index in [9.17, 15) is 0 Å². The van der Waals surface area contributed by atoms with Gasteiger partial charge in [-0.2, -0.15) is 5.26 Å². The Morgan fingerprint density at radius 1 is 1.14 bits per heavy atom. The Labute approximate surface area is 86.4 Å². The van der Waals surface area contributed by atoms with Crippen molar-refractivity contribution in [2.75, 3.05) is 0 Å². The van der Waals surface area contributed by atoms with Gasteiger partial charge in [0, 0.05) is 0 Å². The predicted molar refractivity (Wildman–Crippen MR) is 59.0 cm³/mol. The molecule has 1 nitrogen and oxygen atoms in total. The average Bonchev–Trinajstić information content (AvgIpc) is 2.07. The van der Waals surface area contributed by atoms with Crippen molar-refractivity contribution in [1.29, 1.82) is 5.26 Å². The molecule has 1 unspecified atom stereocenters. The number of rotatable bonds is 1. The SMILES string of the molecule is Cc1ccc(C(C#N)C(C)(C)C)cc1. The number of benzene rings is 1. The minimum absolute atomic E-state index is 0.00398. The third-order valence-corrected chi connectivity index (χ3v) is 2.41. The van der Waals surface area contributed by atoms with Gasteiger partial charge in [-0.05, 0) is 17.9 Å². The largest absolute Gasteiger partial charge is 0.198 e. The lowest BCUT2D eigenvalue weighted by atomic mass is 9.77. The molecule has 0 radical (unpaired) electrons. The fraction of sp³-hybridized carbons (Fsp3) is 0.462. The Morgan fingerprint density at radius 3 is 2.00 bits per heavy atom. The number of nitriles is 1. The maximum Gasteiger partial charge on any atom is 0.0761 e. The lowest BCUT2D eigenvalue weighted by molar-refractivity contribution is 0.373. The highest BCUT2D eigenvalue weighted by atomic mass is 14.3. The number of nitrogens with zero attached hydrogens (tertiary/aromatic N) is 1. The van der Waals surface area contributed by atoms with Gasteiger partial charge in [0.15, 0.2) is 0 Å². The summed E-state index contributed by atoms with van der Waals surface area (Å²) < 4.78 is 0. The van der Waals surface area contributed by atoms with E-state index in [4.69, 9.17) is 5.26 Å². The van der Waals surface area contributed by atoms with Crippen LogP contribution in [-0.2, 0) is 0 Å². The monoisotopic (exact) mass is 187 g/mol. The van der Waals surface area contributed by atoms with E-state index in [2.05, 4.69) is 58.0 Å². The molecule has 0 N–H and O–H groups in total. The number of hydrogen-bond donors (Lipinski definition) is 0. The molecule has 0 bridgehead atoms. The van der Waals surface area contributed by atoms with Gasteiger partial charge in [-0.1, -0.05) is 50.6 Å². The summed E-state index contributed by atoms with van der Waals surface area (Å²) in [4.78, 5) is 0. The molecule has 0 aliphatic carbocycles. The fourth-order valence-electron chi connectivity index (χ4n) is 1.53. The van der Waals surface area contributed by atoms with Gasteiger partial charge >= 0.3 is 0 Å². The second-order valence-corrected chi connectivity index (χ2v) is 4.84. The van der Waals surface area contributed by atoms with Crippen molar-refractivity contribution in [2.24, 2.45) is 5.41 Å². The van der Waals surface area contributed by atoms with Crippen molar-refractivity contribution in [1.82, 2.24) is 0 Å². The van der Waals surface area contributed by atoms with Crippen LogP contribution in [-0.4, -0.2) is 0 Å². The Bertz CT molecular complexity index is 335. The topological polar surface area (TPSA) is 23.8 Å². The molecule has 0 aliphatic heterocycles. The molecule has 0 saturated heterocycles. The van der Waals surface area contributed by atoms with Crippen molar-refractivity contribution in [2.45, 2.75) is 33.6 Å². The van der Waals surface area contributed by atoms with E-state index >= 15 is 0 Å². The Morgan fingerprint density at radius 2 is 1.64 bits per heavy atom. The zero-order chi connectivity index (χ0) is 10.8. The zero-order valence-corrected chi connectivity index (χ0v) is 9.33. The van der Waals surface area contributed by atoms with Crippen LogP contribution in [0, 0.1) is 23.7 Å². The van der Waals surface area contributed by atoms with Gasteiger partial charge in [-0.3, -0.25) is 0 Å². The van der Waals surface area contributed by atoms with E-state index in [1.807, 2.05) is 0 Å². The van der Waals surface area contributed by atoms with Crippen molar-refractivity contribution in [3.8, 4) is 6.07 Å². The minimum Gasteiger partial charge on any atom is -0.198 e. The second-order valence-electron chi connectivity index (χ2n) is 4.84. The van der Waals surface area contributed by atoms with Gasteiger partial charge in [0.2, 0.25) is 0 Å². The maximum atomic E-state index is 9.13. The molecule has 14 heavy (non-hydrogen) atoms. The van der Waals surface area contributed by atoms with E-state index < -0.39 is 0 Å².